The van der Waals surface area contributed by atoms with E-state index in [0.29, 0.717) is 0 Å². The molecule has 0 saturated heterocycles. The first-order valence-electron chi connectivity index (χ1n) is 6.68. The number of nitrogens with zero attached hydrogens (tertiary/aromatic N) is 1. The molecule has 1 saturated carbocycles. The fourth-order valence-corrected chi connectivity index (χ4v) is 2.57. The summed E-state index contributed by atoms with van der Waals surface area (Å²) in [6.07, 6.45) is 8.38. The molecule has 1 unspecified atom stereocenters. The summed E-state index contributed by atoms with van der Waals surface area (Å²) < 4.78 is 0. The van der Waals surface area contributed by atoms with Crippen LogP contribution in [0.3, 0.4) is 0 Å². The Balaban J connectivity index is 2.11. The van der Waals surface area contributed by atoms with E-state index in [1.54, 1.807) is 0 Å². The second-order valence-corrected chi connectivity index (χ2v) is 4.95. The molecule has 0 amide bonds. The fourth-order valence-electron chi connectivity index (χ4n) is 2.57. The van der Waals surface area contributed by atoms with Crippen molar-refractivity contribution < 1.29 is 0 Å². The first-order valence-corrected chi connectivity index (χ1v) is 6.68. The maximum atomic E-state index is 3.39. The van der Waals surface area contributed by atoms with Crippen LogP contribution in [0, 0.1) is 0 Å². The summed E-state index contributed by atoms with van der Waals surface area (Å²) in [6.45, 7) is 6.84. The average Bonchev–Trinajstić information content (AvgIpc) is 2.76. The Morgan fingerprint density at radius 2 is 2.00 bits per heavy atom. The Morgan fingerprint density at radius 1 is 1.33 bits per heavy atom. The molecule has 1 atom stereocenters. The van der Waals surface area contributed by atoms with E-state index in [1.165, 1.54) is 45.1 Å². The summed E-state index contributed by atoms with van der Waals surface area (Å²) in [5, 5.41) is 3.39. The lowest BCUT2D eigenvalue weighted by Crippen LogP contribution is -2.37. The predicted molar refractivity (Wildman–Crippen MR) is 67.3 cm³/mol. The standard InChI is InChI=1S/C13H28N2/c1-4-14-11-7-8-12(2)15(3)13-9-5-6-10-13/h12-14H,4-11H2,1-3H3. The Kier molecular flexibility index (Phi) is 6.26. The second kappa shape index (κ2) is 7.24. The maximum absolute atomic E-state index is 3.39. The molecule has 1 N–H and O–H groups in total. The summed E-state index contributed by atoms with van der Waals surface area (Å²) >= 11 is 0. The van der Waals surface area contributed by atoms with Crippen molar-refractivity contribution in [3.05, 3.63) is 0 Å². The highest BCUT2D eigenvalue weighted by Gasteiger charge is 2.22. The lowest BCUT2D eigenvalue weighted by Gasteiger charge is -2.30. The van der Waals surface area contributed by atoms with Crippen LogP contribution in [-0.4, -0.2) is 37.1 Å². The van der Waals surface area contributed by atoms with Gasteiger partial charge in [-0.2, -0.15) is 0 Å². The summed E-state index contributed by atoms with van der Waals surface area (Å²) in [4.78, 5) is 2.61. The first kappa shape index (κ1) is 13.0. The fraction of sp³-hybridized carbons (Fsp3) is 1.00. The van der Waals surface area contributed by atoms with Crippen LogP contribution in [0.4, 0.5) is 0 Å². The molecule has 15 heavy (non-hydrogen) atoms. The number of hydrogen-bond acceptors (Lipinski definition) is 2. The monoisotopic (exact) mass is 212 g/mol. The molecule has 0 bridgehead atoms. The molecule has 2 nitrogen and oxygen atoms in total. The highest BCUT2D eigenvalue weighted by molar-refractivity contribution is 4.78. The maximum Gasteiger partial charge on any atom is 0.00950 e. The molecular weight excluding hydrogens is 184 g/mol. The van der Waals surface area contributed by atoms with E-state index in [0.717, 1.165) is 18.6 Å². The van der Waals surface area contributed by atoms with Gasteiger partial charge in [0.05, 0.1) is 0 Å². The highest BCUT2D eigenvalue weighted by Crippen LogP contribution is 2.24. The third-order valence-corrected chi connectivity index (χ3v) is 3.82. The van der Waals surface area contributed by atoms with Gasteiger partial charge in [0.2, 0.25) is 0 Å². The Morgan fingerprint density at radius 3 is 2.60 bits per heavy atom. The van der Waals surface area contributed by atoms with Gasteiger partial charge in [0.15, 0.2) is 0 Å². The summed E-state index contributed by atoms with van der Waals surface area (Å²) in [6, 6.07) is 1.63. The van der Waals surface area contributed by atoms with Crippen LogP contribution in [0.5, 0.6) is 0 Å². The van der Waals surface area contributed by atoms with Crippen LogP contribution in [0.2, 0.25) is 0 Å². The molecule has 1 aliphatic carbocycles. The normalized spacial score (nSPS) is 20.0. The van der Waals surface area contributed by atoms with Gasteiger partial charge in [-0.1, -0.05) is 19.8 Å². The third-order valence-electron chi connectivity index (χ3n) is 3.82. The summed E-state index contributed by atoms with van der Waals surface area (Å²) in [5.41, 5.74) is 0. The van der Waals surface area contributed by atoms with E-state index >= 15 is 0 Å². The largest absolute Gasteiger partial charge is 0.317 e. The van der Waals surface area contributed by atoms with Gasteiger partial charge in [-0.15, -0.1) is 0 Å². The lowest BCUT2D eigenvalue weighted by molar-refractivity contribution is 0.176. The van der Waals surface area contributed by atoms with Crippen molar-refractivity contribution in [2.45, 2.75) is 64.5 Å². The smallest absolute Gasteiger partial charge is 0.00950 e. The van der Waals surface area contributed by atoms with Crippen LogP contribution in [0.25, 0.3) is 0 Å². The van der Waals surface area contributed by atoms with Gasteiger partial charge >= 0.3 is 0 Å². The Labute approximate surface area is 95.4 Å². The highest BCUT2D eigenvalue weighted by atomic mass is 15.2. The van der Waals surface area contributed by atoms with Crippen molar-refractivity contribution in [2.24, 2.45) is 0 Å². The SMILES string of the molecule is CCNCCCC(C)N(C)C1CCCC1. The zero-order valence-corrected chi connectivity index (χ0v) is 10.8. The molecule has 0 aromatic rings. The molecule has 0 aromatic carbocycles. The van der Waals surface area contributed by atoms with E-state index in [1.807, 2.05) is 0 Å². The van der Waals surface area contributed by atoms with Crippen molar-refractivity contribution >= 4 is 0 Å². The van der Waals surface area contributed by atoms with E-state index in [-0.39, 0.29) is 0 Å². The van der Waals surface area contributed by atoms with Crippen LogP contribution in [0.1, 0.15) is 52.4 Å². The zero-order valence-electron chi connectivity index (χ0n) is 10.8. The topological polar surface area (TPSA) is 15.3 Å². The van der Waals surface area contributed by atoms with Gasteiger partial charge in [-0.25, -0.2) is 0 Å². The molecule has 1 fully saturated rings. The molecule has 0 spiro atoms. The second-order valence-electron chi connectivity index (χ2n) is 4.95. The van der Waals surface area contributed by atoms with E-state index in [9.17, 15) is 0 Å². The van der Waals surface area contributed by atoms with Crippen molar-refractivity contribution in [1.82, 2.24) is 10.2 Å². The first-order chi connectivity index (χ1) is 7.25. The van der Waals surface area contributed by atoms with Crippen molar-refractivity contribution in [2.75, 3.05) is 20.1 Å². The third kappa shape index (κ3) is 4.52. The van der Waals surface area contributed by atoms with Gasteiger partial charge in [0.1, 0.15) is 0 Å². The molecule has 0 aromatic heterocycles. The molecule has 90 valence electrons. The molecule has 0 heterocycles. The molecule has 0 radical (unpaired) electrons. The zero-order chi connectivity index (χ0) is 11.1. The van der Waals surface area contributed by atoms with Crippen molar-refractivity contribution in [3.8, 4) is 0 Å². The predicted octanol–water partition coefficient (Wildman–Crippen LogP) is 2.64. The average molecular weight is 212 g/mol. The van der Waals surface area contributed by atoms with Crippen molar-refractivity contribution in [3.63, 3.8) is 0 Å². The number of rotatable bonds is 7. The molecule has 1 rings (SSSR count). The molecular formula is C13H28N2. The van der Waals surface area contributed by atoms with E-state index < -0.39 is 0 Å². The van der Waals surface area contributed by atoms with E-state index in [2.05, 4.69) is 31.1 Å². The summed E-state index contributed by atoms with van der Waals surface area (Å²) in [5.74, 6) is 0. The minimum absolute atomic E-state index is 0.756. The van der Waals surface area contributed by atoms with Crippen LogP contribution >= 0.6 is 0 Å². The number of hydrogen-bond donors (Lipinski definition) is 1. The minimum Gasteiger partial charge on any atom is -0.317 e. The minimum atomic E-state index is 0.756. The lowest BCUT2D eigenvalue weighted by atomic mass is 10.1. The van der Waals surface area contributed by atoms with Crippen LogP contribution < -0.4 is 5.32 Å². The quantitative estimate of drug-likeness (QED) is 0.653. The van der Waals surface area contributed by atoms with Gasteiger partial charge in [-0.05, 0) is 52.7 Å². The van der Waals surface area contributed by atoms with Gasteiger partial charge in [0, 0.05) is 12.1 Å². The Hall–Kier alpha value is -0.0800. The summed E-state index contributed by atoms with van der Waals surface area (Å²) in [7, 11) is 2.31. The molecule has 0 aliphatic heterocycles. The Bertz CT molecular complexity index is 153. The van der Waals surface area contributed by atoms with Crippen LogP contribution in [0.15, 0.2) is 0 Å². The van der Waals surface area contributed by atoms with Gasteiger partial charge < -0.3 is 10.2 Å². The molecule has 1 aliphatic rings. The number of nitrogens with one attached hydrogen (secondary N) is 1. The molecule has 2 heteroatoms. The van der Waals surface area contributed by atoms with Crippen LogP contribution in [-0.2, 0) is 0 Å². The van der Waals surface area contributed by atoms with E-state index in [4.69, 9.17) is 0 Å². The van der Waals surface area contributed by atoms with Gasteiger partial charge in [0.25, 0.3) is 0 Å². The van der Waals surface area contributed by atoms with Crippen molar-refractivity contribution in [1.29, 1.82) is 0 Å². The van der Waals surface area contributed by atoms with Gasteiger partial charge in [-0.3, -0.25) is 0 Å².